The molecule has 0 aromatic heterocycles. The third kappa shape index (κ3) is 5.82. The Hall–Kier alpha value is -3.87. The minimum Gasteiger partial charge on any atom is -0.495 e. The average Bonchev–Trinajstić information content (AvgIpc) is 2.78. The number of nitrogens with zero attached hydrogens (tertiary/aromatic N) is 1. The van der Waals surface area contributed by atoms with Crippen molar-refractivity contribution in [3.63, 3.8) is 0 Å². The number of methoxy groups -OCH3 is 1. The Labute approximate surface area is 180 Å². The number of hydrogen-bond acceptors (Lipinski definition) is 3. The predicted octanol–water partition coefficient (Wildman–Crippen LogP) is 4.61. The molecule has 160 valence electrons. The summed E-state index contributed by atoms with van der Waals surface area (Å²) in [7, 11) is 1.52. The smallest absolute Gasteiger partial charge is 0.319 e. The molecule has 3 aromatic rings. The summed E-state index contributed by atoms with van der Waals surface area (Å²) in [6, 6.07) is 19.5. The molecular weight excluding hydrogens is 397 g/mol. The van der Waals surface area contributed by atoms with Gasteiger partial charge in [-0.3, -0.25) is 4.79 Å². The van der Waals surface area contributed by atoms with Crippen LogP contribution < -0.4 is 20.3 Å². The fraction of sp³-hybridized carbons (Fsp3) is 0.167. The molecule has 0 atom stereocenters. The Morgan fingerprint density at radius 1 is 0.968 bits per heavy atom. The number of rotatable bonds is 7. The van der Waals surface area contributed by atoms with Crippen molar-refractivity contribution in [2.24, 2.45) is 0 Å². The summed E-state index contributed by atoms with van der Waals surface area (Å²) in [5.74, 6) is -0.0838. The van der Waals surface area contributed by atoms with E-state index in [2.05, 4.69) is 10.6 Å². The van der Waals surface area contributed by atoms with Crippen molar-refractivity contribution in [1.82, 2.24) is 5.32 Å². The lowest BCUT2D eigenvalue weighted by Crippen LogP contribution is -2.40. The lowest BCUT2D eigenvalue weighted by molar-refractivity contribution is 0.0987. The minimum atomic E-state index is -0.425. The van der Waals surface area contributed by atoms with Crippen molar-refractivity contribution in [3.8, 4) is 5.75 Å². The molecule has 3 rings (SSSR count). The number of carbonyl (C=O) groups excluding carboxylic acids is 2. The van der Waals surface area contributed by atoms with Crippen LogP contribution in [0.15, 0.2) is 72.8 Å². The van der Waals surface area contributed by atoms with E-state index >= 15 is 0 Å². The number of urea groups is 1. The van der Waals surface area contributed by atoms with Crippen molar-refractivity contribution in [2.45, 2.75) is 6.92 Å². The fourth-order valence-corrected chi connectivity index (χ4v) is 3.02. The summed E-state index contributed by atoms with van der Waals surface area (Å²) < 4.78 is 18.6. The van der Waals surface area contributed by atoms with E-state index in [0.717, 1.165) is 5.56 Å². The lowest BCUT2D eigenvalue weighted by atomic mass is 10.1. The van der Waals surface area contributed by atoms with Crippen LogP contribution in [-0.4, -0.2) is 32.1 Å². The molecule has 0 fully saturated rings. The second-order valence-electron chi connectivity index (χ2n) is 6.88. The number of carbonyl (C=O) groups is 2. The maximum Gasteiger partial charge on any atom is 0.319 e. The van der Waals surface area contributed by atoms with Crippen molar-refractivity contribution < 1.29 is 18.7 Å². The fourth-order valence-electron chi connectivity index (χ4n) is 3.02. The highest BCUT2D eigenvalue weighted by molar-refractivity contribution is 6.06. The summed E-state index contributed by atoms with van der Waals surface area (Å²) in [4.78, 5) is 26.9. The van der Waals surface area contributed by atoms with Crippen LogP contribution in [0.1, 0.15) is 15.9 Å². The molecule has 6 nitrogen and oxygen atoms in total. The Morgan fingerprint density at radius 3 is 2.32 bits per heavy atom. The van der Waals surface area contributed by atoms with E-state index in [4.69, 9.17) is 4.74 Å². The Bertz CT molecular complexity index is 1040. The van der Waals surface area contributed by atoms with Gasteiger partial charge in [0.25, 0.3) is 5.91 Å². The van der Waals surface area contributed by atoms with Gasteiger partial charge in [-0.2, -0.15) is 0 Å². The molecule has 0 saturated heterocycles. The van der Waals surface area contributed by atoms with E-state index < -0.39 is 6.03 Å². The van der Waals surface area contributed by atoms with Crippen LogP contribution in [0.2, 0.25) is 0 Å². The monoisotopic (exact) mass is 421 g/mol. The van der Waals surface area contributed by atoms with Gasteiger partial charge in [-0.25, -0.2) is 9.18 Å². The molecule has 0 aliphatic carbocycles. The molecule has 0 radical (unpaired) electrons. The normalized spacial score (nSPS) is 10.3. The van der Waals surface area contributed by atoms with E-state index in [1.54, 1.807) is 36.4 Å². The van der Waals surface area contributed by atoms with Gasteiger partial charge in [-0.15, -0.1) is 0 Å². The van der Waals surface area contributed by atoms with Gasteiger partial charge in [0.2, 0.25) is 0 Å². The van der Waals surface area contributed by atoms with Crippen LogP contribution in [0.25, 0.3) is 0 Å². The van der Waals surface area contributed by atoms with Gasteiger partial charge in [-0.05, 0) is 55.5 Å². The van der Waals surface area contributed by atoms with Crippen LogP contribution in [0.4, 0.5) is 20.6 Å². The zero-order valence-corrected chi connectivity index (χ0v) is 17.4. The van der Waals surface area contributed by atoms with Crippen molar-refractivity contribution in [3.05, 3.63) is 89.7 Å². The first-order valence-electron chi connectivity index (χ1n) is 9.80. The second-order valence-corrected chi connectivity index (χ2v) is 6.88. The summed E-state index contributed by atoms with van der Waals surface area (Å²) in [6.07, 6.45) is 0. The number of para-hydroxylation sites is 2. The summed E-state index contributed by atoms with van der Waals surface area (Å²) >= 11 is 0. The number of anilines is 2. The van der Waals surface area contributed by atoms with Gasteiger partial charge in [0.15, 0.2) is 0 Å². The molecule has 2 N–H and O–H groups in total. The van der Waals surface area contributed by atoms with E-state index in [9.17, 15) is 14.0 Å². The number of ether oxygens (including phenoxy) is 1. The third-order valence-corrected chi connectivity index (χ3v) is 4.66. The summed E-state index contributed by atoms with van der Waals surface area (Å²) in [6.45, 7) is 2.34. The highest BCUT2D eigenvalue weighted by atomic mass is 19.1. The van der Waals surface area contributed by atoms with Crippen LogP contribution in [0, 0.1) is 12.7 Å². The molecule has 0 saturated carbocycles. The molecule has 31 heavy (non-hydrogen) atoms. The number of halogens is 1. The Balaban J connectivity index is 1.68. The maximum atomic E-state index is 13.4. The number of hydrogen-bond donors (Lipinski definition) is 2. The van der Waals surface area contributed by atoms with Crippen molar-refractivity contribution >= 4 is 23.3 Å². The highest BCUT2D eigenvalue weighted by Gasteiger charge is 2.18. The first-order chi connectivity index (χ1) is 15.0. The number of benzene rings is 3. The first kappa shape index (κ1) is 21.8. The molecule has 0 bridgehead atoms. The van der Waals surface area contributed by atoms with Crippen LogP contribution in [-0.2, 0) is 0 Å². The Kier molecular flexibility index (Phi) is 7.22. The molecule has 0 spiro atoms. The van der Waals surface area contributed by atoms with Crippen molar-refractivity contribution in [1.29, 1.82) is 0 Å². The van der Waals surface area contributed by atoms with Crippen molar-refractivity contribution in [2.75, 3.05) is 30.4 Å². The number of nitrogens with one attached hydrogen (secondary N) is 2. The highest BCUT2D eigenvalue weighted by Crippen LogP contribution is 2.23. The molecule has 0 aliphatic heterocycles. The molecule has 0 unspecified atom stereocenters. The quantitative estimate of drug-likeness (QED) is 0.585. The Morgan fingerprint density at radius 2 is 1.65 bits per heavy atom. The molecule has 0 heterocycles. The first-order valence-corrected chi connectivity index (χ1v) is 9.80. The zero-order valence-electron chi connectivity index (χ0n) is 17.4. The lowest BCUT2D eigenvalue weighted by Gasteiger charge is -2.23. The van der Waals surface area contributed by atoms with Crippen LogP contribution in [0.3, 0.4) is 0 Å². The van der Waals surface area contributed by atoms with Gasteiger partial charge in [0.1, 0.15) is 11.6 Å². The summed E-state index contributed by atoms with van der Waals surface area (Å²) in [5.41, 5.74) is 2.63. The average molecular weight is 421 g/mol. The van der Waals surface area contributed by atoms with E-state index in [-0.39, 0.29) is 24.8 Å². The van der Waals surface area contributed by atoms with Gasteiger partial charge >= 0.3 is 6.03 Å². The minimum absolute atomic E-state index is 0.190. The molecule has 7 heteroatoms. The number of aryl methyl sites for hydroxylation is 1. The van der Waals surface area contributed by atoms with Crippen LogP contribution in [0.5, 0.6) is 5.75 Å². The van der Waals surface area contributed by atoms with E-state index in [1.807, 2.05) is 19.1 Å². The van der Waals surface area contributed by atoms with Gasteiger partial charge in [0.05, 0.1) is 12.8 Å². The topological polar surface area (TPSA) is 70.7 Å². The van der Waals surface area contributed by atoms with Gasteiger partial charge < -0.3 is 20.3 Å². The summed E-state index contributed by atoms with van der Waals surface area (Å²) in [5, 5.41) is 5.46. The molecule has 0 aliphatic rings. The zero-order chi connectivity index (χ0) is 22.2. The third-order valence-electron chi connectivity index (χ3n) is 4.66. The molecule has 3 aromatic carbocycles. The van der Waals surface area contributed by atoms with Gasteiger partial charge in [0, 0.05) is 24.3 Å². The maximum absolute atomic E-state index is 13.4. The number of amides is 3. The molecular formula is C24H24FN3O3. The molecule has 3 amide bonds. The largest absolute Gasteiger partial charge is 0.495 e. The van der Waals surface area contributed by atoms with E-state index in [0.29, 0.717) is 22.7 Å². The van der Waals surface area contributed by atoms with E-state index in [1.165, 1.54) is 36.3 Å². The van der Waals surface area contributed by atoms with Crippen LogP contribution >= 0.6 is 0 Å². The SMILES string of the molecule is COc1ccccc1NC(=O)NCCN(C(=O)c1ccc(C)cc1)c1ccc(F)cc1. The second kappa shape index (κ2) is 10.2. The predicted molar refractivity (Wildman–Crippen MR) is 119 cm³/mol. The standard InChI is InChI=1S/C24H24FN3O3/c1-17-7-9-18(10-8-17)23(29)28(20-13-11-19(25)12-14-20)16-15-26-24(30)27-21-5-3-4-6-22(21)31-2/h3-14H,15-16H2,1-2H3,(H2,26,27,30). The van der Waals surface area contributed by atoms with Gasteiger partial charge in [-0.1, -0.05) is 29.8 Å².